The zero-order valence-electron chi connectivity index (χ0n) is 7.78. The summed E-state index contributed by atoms with van der Waals surface area (Å²) in [6.45, 7) is 0. The second kappa shape index (κ2) is 3.97. The van der Waals surface area contributed by atoms with Crippen LogP contribution in [0, 0.1) is 0 Å². The summed E-state index contributed by atoms with van der Waals surface area (Å²) >= 11 is 0. The summed E-state index contributed by atoms with van der Waals surface area (Å²) in [7, 11) is 0. The average molecular weight is 180 g/mol. The Morgan fingerprint density at radius 1 is 1.23 bits per heavy atom. The van der Waals surface area contributed by atoms with Gasteiger partial charge < -0.3 is 9.52 Å². The minimum absolute atomic E-state index is 0.167. The van der Waals surface area contributed by atoms with E-state index in [9.17, 15) is 5.11 Å². The van der Waals surface area contributed by atoms with E-state index in [-0.39, 0.29) is 6.10 Å². The molecular weight excluding hydrogens is 164 g/mol. The van der Waals surface area contributed by atoms with Crippen molar-refractivity contribution in [3.05, 3.63) is 24.2 Å². The molecule has 2 atom stereocenters. The second-order valence-electron chi connectivity index (χ2n) is 3.87. The standard InChI is InChI=1S/C11H16O2/c12-11-5-3-1-2-4-10(11)9-6-7-13-8-9/h6-8,10-12H,1-5H2. The molecule has 0 amide bonds. The molecule has 0 aromatic carbocycles. The van der Waals surface area contributed by atoms with E-state index in [2.05, 4.69) is 0 Å². The van der Waals surface area contributed by atoms with Gasteiger partial charge in [0.2, 0.25) is 0 Å². The summed E-state index contributed by atoms with van der Waals surface area (Å²) in [5, 5.41) is 9.88. The van der Waals surface area contributed by atoms with Gasteiger partial charge in [-0.15, -0.1) is 0 Å². The van der Waals surface area contributed by atoms with Gasteiger partial charge in [0.05, 0.1) is 18.6 Å². The maximum absolute atomic E-state index is 9.88. The number of aliphatic hydroxyl groups is 1. The molecule has 1 saturated carbocycles. The fourth-order valence-electron chi connectivity index (χ4n) is 2.16. The maximum Gasteiger partial charge on any atom is 0.0938 e. The molecule has 0 bridgehead atoms. The fraction of sp³-hybridized carbons (Fsp3) is 0.636. The van der Waals surface area contributed by atoms with Gasteiger partial charge in [-0.25, -0.2) is 0 Å². The van der Waals surface area contributed by atoms with Crippen LogP contribution in [0.25, 0.3) is 0 Å². The Morgan fingerprint density at radius 3 is 2.85 bits per heavy atom. The van der Waals surface area contributed by atoms with E-state index in [4.69, 9.17) is 4.42 Å². The summed E-state index contributed by atoms with van der Waals surface area (Å²) < 4.78 is 5.05. The van der Waals surface area contributed by atoms with E-state index in [0.717, 1.165) is 24.8 Å². The zero-order chi connectivity index (χ0) is 9.10. The molecule has 2 unspecified atom stereocenters. The predicted molar refractivity (Wildman–Crippen MR) is 50.5 cm³/mol. The van der Waals surface area contributed by atoms with Crippen molar-refractivity contribution in [2.45, 2.75) is 44.1 Å². The highest BCUT2D eigenvalue weighted by atomic mass is 16.3. The number of rotatable bonds is 1. The first kappa shape index (κ1) is 8.82. The van der Waals surface area contributed by atoms with Gasteiger partial charge in [-0.2, -0.15) is 0 Å². The Labute approximate surface area is 78.6 Å². The predicted octanol–water partition coefficient (Wildman–Crippen LogP) is 2.69. The molecule has 2 heteroatoms. The quantitative estimate of drug-likeness (QED) is 0.674. The highest BCUT2D eigenvalue weighted by Gasteiger charge is 2.23. The van der Waals surface area contributed by atoms with E-state index in [1.165, 1.54) is 12.8 Å². The number of hydrogen-bond acceptors (Lipinski definition) is 2. The van der Waals surface area contributed by atoms with Crippen LogP contribution in [-0.2, 0) is 0 Å². The van der Waals surface area contributed by atoms with Crippen molar-refractivity contribution in [3.63, 3.8) is 0 Å². The molecule has 1 heterocycles. The Bertz CT molecular complexity index is 241. The van der Waals surface area contributed by atoms with Crippen LogP contribution < -0.4 is 0 Å². The van der Waals surface area contributed by atoms with Gasteiger partial charge in [-0.1, -0.05) is 19.3 Å². The first-order chi connectivity index (χ1) is 6.38. The van der Waals surface area contributed by atoms with Crippen LogP contribution in [0.1, 0.15) is 43.6 Å². The first-order valence-electron chi connectivity index (χ1n) is 5.08. The molecule has 1 aliphatic carbocycles. The molecule has 2 rings (SSSR count). The molecular formula is C11H16O2. The molecule has 1 N–H and O–H groups in total. The van der Waals surface area contributed by atoms with Crippen LogP contribution in [0.15, 0.2) is 23.0 Å². The van der Waals surface area contributed by atoms with E-state index in [0.29, 0.717) is 5.92 Å². The van der Waals surface area contributed by atoms with Gasteiger partial charge in [-0.3, -0.25) is 0 Å². The largest absolute Gasteiger partial charge is 0.472 e. The molecule has 2 nitrogen and oxygen atoms in total. The lowest BCUT2D eigenvalue weighted by Crippen LogP contribution is -2.16. The number of furan rings is 1. The van der Waals surface area contributed by atoms with Gasteiger partial charge in [0.15, 0.2) is 0 Å². The lowest BCUT2D eigenvalue weighted by molar-refractivity contribution is 0.135. The fourth-order valence-corrected chi connectivity index (χ4v) is 2.16. The van der Waals surface area contributed by atoms with Crippen LogP contribution in [0.4, 0.5) is 0 Å². The van der Waals surface area contributed by atoms with Gasteiger partial charge in [0.25, 0.3) is 0 Å². The Morgan fingerprint density at radius 2 is 2.08 bits per heavy atom. The Hall–Kier alpha value is -0.760. The summed E-state index contributed by atoms with van der Waals surface area (Å²) in [4.78, 5) is 0. The van der Waals surface area contributed by atoms with Gasteiger partial charge in [0, 0.05) is 5.92 Å². The molecule has 0 saturated heterocycles. The van der Waals surface area contributed by atoms with E-state index in [1.54, 1.807) is 12.5 Å². The summed E-state index contributed by atoms with van der Waals surface area (Å²) in [5.74, 6) is 0.307. The Kier molecular flexibility index (Phi) is 2.69. The van der Waals surface area contributed by atoms with Crippen molar-refractivity contribution in [3.8, 4) is 0 Å². The monoisotopic (exact) mass is 180 g/mol. The maximum atomic E-state index is 9.88. The number of hydrogen-bond donors (Lipinski definition) is 1. The average Bonchev–Trinajstić information content (AvgIpc) is 2.56. The zero-order valence-corrected chi connectivity index (χ0v) is 7.78. The molecule has 0 aliphatic heterocycles. The van der Waals surface area contributed by atoms with Crippen LogP contribution in [0.2, 0.25) is 0 Å². The van der Waals surface area contributed by atoms with Crippen molar-refractivity contribution in [1.82, 2.24) is 0 Å². The SMILES string of the molecule is OC1CCCCCC1c1ccoc1. The molecule has 1 aliphatic rings. The highest BCUT2D eigenvalue weighted by Crippen LogP contribution is 2.31. The van der Waals surface area contributed by atoms with E-state index < -0.39 is 0 Å². The summed E-state index contributed by atoms with van der Waals surface area (Å²) in [6.07, 6.45) is 8.97. The third-order valence-electron chi connectivity index (χ3n) is 2.95. The number of aliphatic hydroxyl groups excluding tert-OH is 1. The Balaban J connectivity index is 2.11. The summed E-state index contributed by atoms with van der Waals surface area (Å²) in [6, 6.07) is 1.97. The van der Waals surface area contributed by atoms with E-state index >= 15 is 0 Å². The lowest BCUT2D eigenvalue weighted by Gasteiger charge is -2.18. The minimum Gasteiger partial charge on any atom is -0.472 e. The van der Waals surface area contributed by atoms with Crippen molar-refractivity contribution in [1.29, 1.82) is 0 Å². The van der Waals surface area contributed by atoms with Crippen LogP contribution in [0.3, 0.4) is 0 Å². The summed E-state index contributed by atoms with van der Waals surface area (Å²) in [5.41, 5.74) is 1.16. The van der Waals surface area contributed by atoms with Gasteiger partial charge in [0.1, 0.15) is 0 Å². The normalized spacial score (nSPS) is 29.9. The second-order valence-corrected chi connectivity index (χ2v) is 3.87. The highest BCUT2D eigenvalue weighted by molar-refractivity contribution is 5.14. The molecule has 1 aromatic rings. The third kappa shape index (κ3) is 1.94. The molecule has 13 heavy (non-hydrogen) atoms. The lowest BCUT2D eigenvalue weighted by atomic mass is 9.91. The van der Waals surface area contributed by atoms with Crippen LogP contribution in [0.5, 0.6) is 0 Å². The topological polar surface area (TPSA) is 33.4 Å². The molecule has 72 valence electrons. The van der Waals surface area contributed by atoms with Crippen molar-refractivity contribution in [2.75, 3.05) is 0 Å². The van der Waals surface area contributed by atoms with Crippen molar-refractivity contribution in [2.24, 2.45) is 0 Å². The minimum atomic E-state index is -0.167. The smallest absolute Gasteiger partial charge is 0.0938 e. The van der Waals surface area contributed by atoms with Crippen LogP contribution in [-0.4, -0.2) is 11.2 Å². The van der Waals surface area contributed by atoms with Gasteiger partial charge in [-0.05, 0) is 24.5 Å². The third-order valence-corrected chi connectivity index (χ3v) is 2.95. The van der Waals surface area contributed by atoms with E-state index in [1.807, 2.05) is 6.07 Å². The van der Waals surface area contributed by atoms with Crippen molar-refractivity contribution >= 4 is 0 Å². The van der Waals surface area contributed by atoms with Gasteiger partial charge >= 0.3 is 0 Å². The molecule has 0 spiro atoms. The van der Waals surface area contributed by atoms with Crippen LogP contribution >= 0.6 is 0 Å². The van der Waals surface area contributed by atoms with Crippen molar-refractivity contribution < 1.29 is 9.52 Å². The molecule has 0 radical (unpaired) electrons. The first-order valence-corrected chi connectivity index (χ1v) is 5.08. The molecule has 1 aromatic heterocycles. The molecule has 1 fully saturated rings.